The zero-order valence-electron chi connectivity index (χ0n) is 10.1. The van der Waals surface area contributed by atoms with Crippen LogP contribution >= 0.6 is 0 Å². The lowest BCUT2D eigenvalue weighted by Crippen LogP contribution is -2.19. The van der Waals surface area contributed by atoms with Gasteiger partial charge in [0.05, 0.1) is 5.52 Å². The molecule has 1 heterocycles. The Bertz CT molecular complexity index is 645. The van der Waals surface area contributed by atoms with Crippen LogP contribution in [0, 0.1) is 0 Å². The third kappa shape index (κ3) is 3.38. The number of benzene rings is 1. The predicted octanol–water partition coefficient (Wildman–Crippen LogP) is 1.28. The summed E-state index contributed by atoms with van der Waals surface area (Å²) >= 11 is 0. The maximum absolute atomic E-state index is 11.3. The maximum Gasteiger partial charge on any atom is 0.331 e. The number of nitrogens with two attached hydrogens (primary N) is 1. The molecule has 0 aliphatic rings. The minimum atomic E-state index is -0.687. The summed E-state index contributed by atoms with van der Waals surface area (Å²) in [7, 11) is 0. The van der Waals surface area contributed by atoms with E-state index in [4.69, 9.17) is 5.73 Å². The number of carbonyl (C=O) groups excluding carboxylic acids is 2. The molecule has 2 N–H and O–H groups in total. The number of fused-ring (bicyclic) bond motifs is 1. The average Bonchev–Trinajstić information content (AvgIpc) is 2.42. The number of amides is 1. The van der Waals surface area contributed by atoms with Gasteiger partial charge in [-0.15, -0.1) is 0 Å². The fourth-order valence-electron chi connectivity index (χ4n) is 1.61. The minimum absolute atomic E-state index is 0.420. The van der Waals surface area contributed by atoms with Crippen molar-refractivity contribution in [2.24, 2.45) is 5.73 Å². The quantitative estimate of drug-likeness (QED) is 0.659. The Morgan fingerprint density at radius 1 is 1.26 bits per heavy atom. The van der Waals surface area contributed by atoms with Crippen molar-refractivity contribution in [3.63, 3.8) is 0 Å². The van der Waals surface area contributed by atoms with Crippen LogP contribution in [0.15, 0.2) is 42.6 Å². The van der Waals surface area contributed by atoms with E-state index in [0.717, 1.165) is 16.5 Å². The lowest BCUT2D eigenvalue weighted by Gasteiger charge is -2.00. The number of rotatable bonds is 4. The van der Waals surface area contributed by atoms with E-state index in [0.29, 0.717) is 0 Å². The average molecular weight is 256 g/mol. The predicted molar refractivity (Wildman–Crippen MR) is 70.9 cm³/mol. The van der Waals surface area contributed by atoms with Crippen molar-refractivity contribution in [2.45, 2.75) is 0 Å². The normalized spacial score (nSPS) is 10.7. The molecule has 96 valence electrons. The molecule has 0 unspecified atom stereocenters. The second kappa shape index (κ2) is 5.77. The zero-order valence-corrected chi connectivity index (χ0v) is 10.1. The summed E-state index contributed by atoms with van der Waals surface area (Å²) < 4.78 is 4.62. The molecule has 0 radical (unpaired) electrons. The zero-order chi connectivity index (χ0) is 13.7. The first kappa shape index (κ1) is 12.8. The van der Waals surface area contributed by atoms with Crippen molar-refractivity contribution in [3.8, 4) is 0 Å². The van der Waals surface area contributed by atoms with Crippen LogP contribution < -0.4 is 5.73 Å². The third-order valence-electron chi connectivity index (χ3n) is 2.42. The van der Waals surface area contributed by atoms with Crippen molar-refractivity contribution in [1.82, 2.24) is 4.98 Å². The van der Waals surface area contributed by atoms with Crippen LogP contribution in [0.3, 0.4) is 0 Å². The lowest BCUT2D eigenvalue weighted by molar-refractivity contribution is -0.142. The Kier molecular flexibility index (Phi) is 3.87. The molecule has 2 rings (SSSR count). The molecule has 0 spiro atoms. The molecule has 0 aliphatic carbocycles. The molecule has 1 aromatic heterocycles. The highest BCUT2D eigenvalue weighted by Crippen LogP contribution is 2.16. The molecule has 2 aromatic rings. The summed E-state index contributed by atoms with van der Waals surface area (Å²) in [4.78, 5) is 26.0. The van der Waals surface area contributed by atoms with Crippen LogP contribution in [0.4, 0.5) is 0 Å². The van der Waals surface area contributed by atoms with E-state index in [1.165, 1.54) is 6.08 Å². The van der Waals surface area contributed by atoms with E-state index in [2.05, 4.69) is 9.72 Å². The van der Waals surface area contributed by atoms with Gasteiger partial charge < -0.3 is 10.5 Å². The fourth-order valence-corrected chi connectivity index (χ4v) is 1.61. The van der Waals surface area contributed by atoms with E-state index in [-0.39, 0.29) is 0 Å². The molecular weight excluding hydrogens is 244 g/mol. The number of aromatic nitrogens is 1. The lowest BCUT2D eigenvalue weighted by atomic mass is 10.1. The number of hydrogen-bond donors (Lipinski definition) is 1. The van der Waals surface area contributed by atoms with Gasteiger partial charge >= 0.3 is 5.97 Å². The van der Waals surface area contributed by atoms with Gasteiger partial charge in [0.25, 0.3) is 5.91 Å². The number of hydrogen-bond acceptors (Lipinski definition) is 4. The first-order chi connectivity index (χ1) is 9.16. The number of ether oxygens (including phenoxy) is 1. The Labute approximate surface area is 109 Å². The highest BCUT2D eigenvalue weighted by atomic mass is 16.5. The summed E-state index contributed by atoms with van der Waals surface area (Å²) in [6.07, 6.45) is 4.52. The Morgan fingerprint density at radius 3 is 2.84 bits per heavy atom. The molecule has 0 atom stereocenters. The van der Waals surface area contributed by atoms with Gasteiger partial charge in [-0.3, -0.25) is 9.78 Å². The summed E-state index contributed by atoms with van der Waals surface area (Å²) in [6, 6.07) is 9.43. The van der Waals surface area contributed by atoms with Gasteiger partial charge in [-0.05, 0) is 12.1 Å². The van der Waals surface area contributed by atoms with Crippen LogP contribution in [-0.4, -0.2) is 23.5 Å². The van der Waals surface area contributed by atoms with Gasteiger partial charge in [-0.1, -0.05) is 24.3 Å². The van der Waals surface area contributed by atoms with Gasteiger partial charge in [-0.25, -0.2) is 4.79 Å². The van der Waals surface area contributed by atoms with Crippen molar-refractivity contribution in [1.29, 1.82) is 0 Å². The summed E-state index contributed by atoms with van der Waals surface area (Å²) in [6.45, 7) is -0.420. The van der Waals surface area contributed by atoms with Crippen LogP contribution in [0.25, 0.3) is 17.0 Å². The number of carbonyl (C=O) groups is 2. The second-order valence-corrected chi connectivity index (χ2v) is 3.83. The van der Waals surface area contributed by atoms with Crippen LogP contribution in [-0.2, 0) is 14.3 Å². The maximum atomic E-state index is 11.3. The van der Waals surface area contributed by atoms with Crippen molar-refractivity contribution < 1.29 is 14.3 Å². The monoisotopic (exact) mass is 256 g/mol. The van der Waals surface area contributed by atoms with Crippen LogP contribution in [0.5, 0.6) is 0 Å². The molecule has 0 saturated carbocycles. The van der Waals surface area contributed by atoms with E-state index >= 15 is 0 Å². The minimum Gasteiger partial charge on any atom is -0.452 e. The molecule has 5 heteroatoms. The van der Waals surface area contributed by atoms with Crippen molar-refractivity contribution in [2.75, 3.05) is 6.61 Å². The van der Waals surface area contributed by atoms with E-state index in [1.807, 2.05) is 30.3 Å². The van der Waals surface area contributed by atoms with Gasteiger partial charge in [0.15, 0.2) is 6.61 Å². The molecule has 1 aromatic carbocycles. The van der Waals surface area contributed by atoms with Crippen LogP contribution in [0.1, 0.15) is 5.56 Å². The standard InChI is InChI=1S/C14H12N2O3/c15-12(17)9-19-13(18)7-6-11-4-1-3-10-5-2-8-16-14(10)11/h1-8H,9H2,(H2,15,17)/b7-6+. The first-order valence-corrected chi connectivity index (χ1v) is 5.64. The summed E-state index contributed by atoms with van der Waals surface area (Å²) in [5.74, 6) is -1.31. The smallest absolute Gasteiger partial charge is 0.331 e. The van der Waals surface area contributed by atoms with Gasteiger partial charge in [0.1, 0.15) is 0 Å². The third-order valence-corrected chi connectivity index (χ3v) is 2.42. The van der Waals surface area contributed by atoms with E-state index < -0.39 is 18.5 Å². The van der Waals surface area contributed by atoms with Gasteiger partial charge in [0, 0.05) is 23.2 Å². The number of primary amides is 1. The molecule has 0 fully saturated rings. The topological polar surface area (TPSA) is 82.3 Å². The van der Waals surface area contributed by atoms with E-state index in [9.17, 15) is 9.59 Å². The van der Waals surface area contributed by atoms with Crippen molar-refractivity contribution >= 4 is 28.9 Å². The fraction of sp³-hybridized carbons (Fsp3) is 0.0714. The first-order valence-electron chi connectivity index (χ1n) is 5.64. The highest BCUT2D eigenvalue weighted by Gasteiger charge is 2.02. The number of esters is 1. The number of para-hydroxylation sites is 1. The molecule has 5 nitrogen and oxygen atoms in total. The largest absolute Gasteiger partial charge is 0.452 e. The molecule has 0 saturated heterocycles. The van der Waals surface area contributed by atoms with E-state index in [1.54, 1.807) is 12.3 Å². The molecule has 19 heavy (non-hydrogen) atoms. The van der Waals surface area contributed by atoms with Gasteiger partial charge in [0.2, 0.25) is 0 Å². The second-order valence-electron chi connectivity index (χ2n) is 3.83. The Hall–Kier alpha value is -2.69. The number of pyridine rings is 1. The summed E-state index contributed by atoms with van der Waals surface area (Å²) in [5.41, 5.74) is 6.47. The Balaban J connectivity index is 2.17. The number of nitrogens with zero attached hydrogens (tertiary/aromatic N) is 1. The highest BCUT2D eigenvalue weighted by molar-refractivity contribution is 5.93. The van der Waals surface area contributed by atoms with Gasteiger partial charge in [-0.2, -0.15) is 0 Å². The molecule has 0 bridgehead atoms. The SMILES string of the molecule is NC(=O)COC(=O)/C=C/c1cccc2cccnc12. The van der Waals surface area contributed by atoms with Crippen molar-refractivity contribution in [3.05, 3.63) is 48.2 Å². The molecule has 0 aliphatic heterocycles. The summed E-state index contributed by atoms with van der Waals surface area (Å²) in [5, 5.41) is 0.982. The molecule has 1 amide bonds. The Morgan fingerprint density at radius 2 is 2.05 bits per heavy atom. The molecular formula is C14H12N2O3. The van der Waals surface area contributed by atoms with Crippen LogP contribution in [0.2, 0.25) is 0 Å².